The summed E-state index contributed by atoms with van der Waals surface area (Å²) in [5, 5.41) is 11.1. The molecule has 2 aliphatic heterocycles. The van der Waals surface area contributed by atoms with Crippen LogP contribution < -0.4 is 9.47 Å². The van der Waals surface area contributed by atoms with Crippen molar-refractivity contribution in [3.05, 3.63) is 57.1 Å². The Labute approximate surface area is 189 Å². The monoisotopic (exact) mass is 481 g/mol. The maximum absolute atomic E-state index is 13.1. The fourth-order valence-electron chi connectivity index (χ4n) is 3.55. The highest BCUT2D eigenvalue weighted by Crippen LogP contribution is 2.33. The van der Waals surface area contributed by atoms with Gasteiger partial charge in [-0.05, 0) is 18.2 Å². The van der Waals surface area contributed by atoms with Crippen LogP contribution in [0.3, 0.4) is 0 Å². The molecule has 0 unspecified atom stereocenters. The Bertz CT molecular complexity index is 1160. The van der Waals surface area contributed by atoms with Gasteiger partial charge in [-0.2, -0.15) is 4.31 Å². The molecule has 2 aromatic rings. The number of carbonyl (C=O) groups excluding carboxylic acids is 1. The largest absolute Gasteiger partial charge is 0.490 e. The molecular weight excluding hydrogens is 462 g/mol. The third-order valence-corrected chi connectivity index (χ3v) is 7.50. The van der Waals surface area contributed by atoms with E-state index >= 15 is 0 Å². The molecule has 1 amide bonds. The molecule has 0 aliphatic carbocycles. The average Bonchev–Trinajstić information content (AvgIpc) is 3.04. The van der Waals surface area contributed by atoms with Crippen LogP contribution in [0.4, 0.5) is 5.69 Å². The van der Waals surface area contributed by atoms with Crippen molar-refractivity contribution in [1.29, 1.82) is 0 Å². The van der Waals surface area contributed by atoms with Crippen molar-refractivity contribution in [2.24, 2.45) is 0 Å². The molecule has 1 saturated heterocycles. The molecule has 2 aliphatic rings. The number of sulfonamides is 1. The molecule has 2 aromatic carbocycles. The molecule has 0 N–H and O–H groups in total. The number of fused-ring (bicyclic) bond motifs is 1. The van der Waals surface area contributed by atoms with Gasteiger partial charge in [0.1, 0.15) is 0 Å². The Morgan fingerprint density at radius 3 is 2.38 bits per heavy atom. The molecule has 2 heterocycles. The van der Waals surface area contributed by atoms with Crippen LogP contribution in [0.1, 0.15) is 16.8 Å². The summed E-state index contributed by atoms with van der Waals surface area (Å²) < 4.78 is 38.6. The van der Waals surface area contributed by atoms with Gasteiger partial charge in [0.15, 0.2) is 11.5 Å². The van der Waals surface area contributed by atoms with E-state index < -0.39 is 20.9 Å². The van der Waals surface area contributed by atoms with E-state index in [1.54, 1.807) is 6.07 Å². The minimum Gasteiger partial charge on any atom is -0.490 e. The number of benzene rings is 2. The van der Waals surface area contributed by atoms with E-state index in [4.69, 9.17) is 21.1 Å². The van der Waals surface area contributed by atoms with Crippen molar-refractivity contribution in [2.45, 2.75) is 11.3 Å². The van der Waals surface area contributed by atoms with Gasteiger partial charge in [0.05, 0.1) is 33.6 Å². The normalized spacial score (nSPS) is 17.0. The molecule has 0 spiro atoms. The van der Waals surface area contributed by atoms with Crippen molar-refractivity contribution in [3.8, 4) is 11.5 Å². The summed E-state index contributed by atoms with van der Waals surface area (Å²) >= 11 is 6.07. The van der Waals surface area contributed by atoms with E-state index in [9.17, 15) is 23.3 Å². The number of hydrogen-bond acceptors (Lipinski definition) is 7. The van der Waals surface area contributed by atoms with Crippen molar-refractivity contribution < 1.29 is 27.6 Å². The van der Waals surface area contributed by atoms with E-state index in [2.05, 4.69) is 0 Å². The fourth-order valence-corrected chi connectivity index (χ4v) is 5.18. The number of piperazine rings is 1. The van der Waals surface area contributed by atoms with Crippen molar-refractivity contribution >= 4 is 33.2 Å². The highest BCUT2D eigenvalue weighted by molar-refractivity contribution is 7.89. The van der Waals surface area contributed by atoms with Crippen molar-refractivity contribution in [1.82, 2.24) is 9.21 Å². The minimum absolute atomic E-state index is 0.0140. The van der Waals surface area contributed by atoms with Gasteiger partial charge in [-0.1, -0.05) is 11.6 Å². The van der Waals surface area contributed by atoms with E-state index in [-0.39, 0.29) is 47.3 Å². The number of non-ortho nitro benzene ring substituents is 1. The Balaban J connectivity index is 1.48. The molecule has 0 saturated carbocycles. The van der Waals surface area contributed by atoms with E-state index in [0.29, 0.717) is 31.1 Å². The molecule has 0 aromatic heterocycles. The average molecular weight is 482 g/mol. The number of ether oxygens (including phenoxy) is 2. The summed E-state index contributed by atoms with van der Waals surface area (Å²) in [7, 11) is -3.80. The Kier molecular flexibility index (Phi) is 6.22. The smallest absolute Gasteiger partial charge is 0.270 e. The predicted molar refractivity (Wildman–Crippen MR) is 115 cm³/mol. The van der Waals surface area contributed by atoms with Gasteiger partial charge in [-0.25, -0.2) is 8.42 Å². The van der Waals surface area contributed by atoms with Crippen LogP contribution in [0.5, 0.6) is 11.5 Å². The van der Waals surface area contributed by atoms with E-state index in [1.807, 2.05) is 0 Å². The van der Waals surface area contributed by atoms with Gasteiger partial charge in [-0.15, -0.1) is 0 Å². The fraction of sp³-hybridized carbons (Fsp3) is 0.350. The molecule has 32 heavy (non-hydrogen) atoms. The first-order valence-corrected chi connectivity index (χ1v) is 11.7. The summed E-state index contributed by atoms with van der Waals surface area (Å²) in [4.78, 5) is 24.8. The second-order valence-electron chi connectivity index (χ2n) is 7.28. The molecule has 1 fully saturated rings. The van der Waals surface area contributed by atoms with E-state index in [0.717, 1.165) is 6.07 Å². The summed E-state index contributed by atoms with van der Waals surface area (Å²) in [5.41, 5.74) is -0.228. The number of hydrogen-bond donors (Lipinski definition) is 0. The summed E-state index contributed by atoms with van der Waals surface area (Å²) in [5.74, 6) is 0.412. The molecular formula is C20H20ClN3O7S. The number of nitro benzene ring substituents is 1. The lowest BCUT2D eigenvalue weighted by atomic mass is 10.1. The van der Waals surface area contributed by atoms with Crippen LogP contribution >= 0.6 is 11.6 Å². The minimum atomic E-state index is -3.80. The van der Waals surface area contributed by atoms with E-state index in [1.165, 1.54) is 33.5 Å². The SMILES string of the molecule is O=C(c1cc([N+](=O)[O-])ccc1Cl)N1CCN(S(=O)(=O)c2ccc3c(c2)OCCCO3)CC1. The zero-order valence-electron chi connectivity index (χ0n) is 16.9. The molecule has 4 rings (SSSR count). The van der Waals surface area contributed by atoms with Crippen LogP contribution in [0.25, 0.3) is 0 Å². The quantitative estimate of drug-likeness (QED) is 0.486. The van der Waals surface area contributed by atoms with Gasteiger partial charge in [0.25, 0.3) is 11.6 Å². The number of halogens is 1. The van der Waals surface area contributed by atoms with Crippen molar-refractivity contribution in [3.63, 3.8) is 0 Å². The standard InChI is InChI=1S/C20H20ClN3O7S/c21-17-4-2-14(24(26)27)12-16(17)20(25)22-6-8-23(9-7-22)32(28,29)15-3-5-18-19(13-15)31-11-1-10-30-18/h2-5,12-13H,1,6-11H2. The van der Waals surface area contributed by atoms with Crippen LogP contribution in [0, 0.1) is 10.1 Å². The molecule has 0 bridgehead atoms. The maximum atomic E-state index is 13.1. The number of nitrogens with zero attached hydrogens (tertiary/aromatic N) is 3. The van der Waals surface area contributed by atoms with Gasteiger partial charge in [0, 0.05) is 50.8 Å². The van der Waals surface area contributed by atoms with Gasteiger partial charge < -0.3 is 14.4 Å². The van der Waals surface area contributed by atoms with Crippen LogP contribution in [-0.2, 0) is 10.0 Å². The second kappa shape index (κ2) is 8.93. The molecule has 0 radical (unpaired) electrons. The lowest BCUT2D eigenvalue weighted by molar-refractivity contribution is -0.384. The second-order valence-corrected chi connectivity index (χ2v) is 9.62. The summed E-state index contributed by atoms with van der Waals surface area (Å²) in [6.45, 7) is 1.36. The van der Waals surface area contributed by atoms with Gasteiger partial charge >= 0.3 is 0 Å². The number of nitro groups is 1. The predicted octanol–water partition coefficient (Wildman–Crippen LogP) is 2.56. The summed E-state index contributed by atoms with van der Waals surface area (Å²) in [6.07, 6.45) is 0.710. The number of rotatable bonds is 4. The first-order valence-electron chi connectivity index (χ1n) is 9.90. The number of carbonyl (C=O) groups is 1. The van der Waals surface area contributed by atoms with Crippen LogP contribution in [0.2, 0.25) is 5.02 Å². The molecule has 0 atom stereocenters. The topological polar surface area (TPSA) is 119 Å². The van der Waals surface area contributed by atoms with Gasteiger partial charge in [-0.3, -0.25) is 14.9 Å². The molecule has 12 heteroatoms. The molecule has 10 nitrogen and oxygen atoms in total. The van der Waals surface area contributed by atoms with Crippen LogP contribution in [0.15, 0.2) is 41.3 Å². The highest BCUT2D eigenvalue weighted by Gasteiger charge is 2.32. The third-order valence-electron chi connectivity index (χ3n) is 5.27. The third kappa shape index (κ3) is 4.36. The Morgan fingerprint density at radius 1 is 1.00 bits per heavy atom. The Hall–Kier alpha value is -2.89. The summed E-state index contributed by atoms with van der Waals surface area (Å²) in [6, 6.07) is 8.17. The van der Waals surface area contributed by atoms with Crippen molar-refractivity contribution in [2.75, 3.05) is 39.4 Å². The first-order chi connectivity index (χ1) is 15.3. The lowest BCUT2D eigenvalue weighted by Gasteiger charge is -2.34. The van der Waals surface area contributed by atoms with Gasteiger partial charge in [0.2, 0.25) is 10.0 Å². The zero-order valence-corrected chi connectivity index (χ0v) is 18.5. The van der Waals surface area contributed by atoms with Crippen LogP contribution in [-0.4, -0.2) is 67.8 Å². The highest BCUT2D eigenvalue weighted by atomic mass is 35.5. The zero-order chi connectivity index (χ0) is 22.9. The maximum Gasteiger partial charge on any atom is 0.270 e. The molecule has 170 valence electrons. The Morgan fingerprint density at radius 2 is 1.69 bits per heavy atom. The number of amides is 1. The lowest BCUT2D eigenvalue weighted by Crippen LogP contribution is -2.50. The first kappa shape index (κ1) is 22.3.